The van der Waals surface area contributed by atoms with Crippen LogP contribution in [0.25, 0.3) is 0 Å². The molecular formula is C20H20ClFN2O4S. The van der Waals surface area contributed by atoms with Crippen LogP contribution in [0.15, 0.2) is 55.1 Å². The van der Waals surface area contributed by atoms with Crippen LogP contribution in [0.1, 0.15) is 18.4 Å². The van der Waals surface area contributed by atoms with Crippen LogP contribution in [-0.4, -0.2) is 26.5 Å². The van der Waals surface area contributed by atoms with E-state index in [1.54, 1.807) is 30.3 Å². The fraction of sp³-hybridized carbons (Fsp3) is 0.250. The van der Waals surface area contributed by atoms with Crippen LogP contribution in [0.4, 0.5) is 10.1 Å². The van der Waals surface area contributed by atoms with E-state index in [0.29, 0.717) is 30.9 Å². The van der Waals surface area contributed by atoms with Gasteiger partial charge in [0.15, 0.2) is 0 Å². The lowest BCUT2D eigenvalue weighted by atomic mass is 10.2. The molecule has 2 aromatic carbocycles. The fourth-order valence-electron chi connectivity index (χ4n) is 2.72. The molecule has 0 radical (unpaired) electrons. The summed E-state index contributed by atoms with van der Waals surface area (Å²) in [4.78, 5) is 12.6. The van der Waals surface area contributed by atoms with Gasteiger partial charge in [0.1, 0.15) is 23.7 Å². The number of hydrogen-bond acceptors (Lipinski definition) is 4. The van der Waals surface area contributed by atoms with Crippen molar-refractivity contribution in [1.29, 1.82) is 0 Å². The maximum Gasteiger partial charge on any atom is 0.245 e. The Morgan fingerprint density at radius 3 is 2.52 bits per heavy atom. The van der Waals surface area contributed by atoms with Crippen molar-refractivity contribution < 1.29 is 22.3 Å². The molecule has 0 heterocycles. The average Bonchev–Trinajstić information content (AvgIpc) is 3.43. The summed E-state index contributed by atoms with van der Waals surface area (Å²) in [5.41, 5.74) is -0.733. The summed E-state index contributed by atoms with van der Waals surface area (Å²) < 4.78 is 46.7. The second kappa shape index (κ2) is 8.52. The number of carbonyl (C=O) groups excluding carboxylic acids is 1. The molecule has 6 nitrogen and oxygen atoms in total. The first kappa shape index (κ1) is 21.3. The fourth-order valence-corrected chi connectivity index (χ4v) is 4.48. The number of rotatable bonds is 9. The summed E-state index contributed by atoms with van der Waals surface area (Å²) in [6, 6.07) is 10.5. The molecule has 1 amide bonds. The first-order chi connectivity index (χ1) is 13.7. The number of halogens is 2. The molecule has 0 spiro atoms. The Balaban J connectivity index is 1.64. The van der Waals surface area contributed by atoms with E-state index in [1.165, 1.54) is 12.1 Å². The zero-order valence-electron chi connectivity index (χ0n) is 15.5. The van der Waals surface area contributed by atoms with Crippen molar-refractivity contribution in [1.82, 2.24) is 4.72 Å². The highest BCUT2D eigenvalue weighted by molar-refractivity contribution is 7.88. The number of ether oxygens (including phenoxy) is 1. The van der Waals surface area contributed by atoms with Gasteiger partial charge in [-0.05, 0) is 49.2 Å². The minimum Gasteiger partial charge on any atom is -0.490 e. The van der Waals surface area contributed by atoms with Crippen molar-refractivity contribution in [2.75, 3.05) is 11.9 Å². The predicted octanol–water partition coefficient (Wildman–Crippen LogP) is 3.63. The number of nitrogens with one attached hydrogen (secondary N) is 2. The van der Waals surface area contributed by atoms with Gasteiger partial charge in [-0.1, -0.05) is 30.3 Å². The second-order valence-electron chi connectivity index (χ2n) is 6.76. The molecule has 3 rings (SSSR count). The van der Waals surface area contributed by atoms with Crippen molar-refractivity contribution >= 4 is 33.2 Å². The Kier molecular flexibility index (Phi) is 6.26. The molecule has 0 unspecified atom stereocenters. The van der Waals surface area contributed by atoms with E-state index in [1.807, 2.05) is 0 Å². The SMILES string of the molecule is C=CCOc1ccc(NC(=O)C2(NS(=O)(=O)Cc3ccc(Cl)cc3F)CC2)cc1. The summed E-state index contributed by atoms with van der Waals surface area (Å²) in [5, 5.41) is 2.88. The molecule has 1 saturated carbocycles. The lowest BCUT2D eigenvalue weighted by molar-refractivity contribution is -0.118. The minimum absolute atomic E-state index is 0.0202. The van der Waals surface area contributed by atoms with Gasteiger partial charge in [0.2, 0.25) is 15.9 Å². The van der Waals surface area contributed by atoms with E-state index in [0.717, 1.165) is 6.07 Å². The van der Waals surface area contributed by atoms with Crippen molar-refractivity contribution in [3.8, 4) is 5.75 Å². The number of anilines is 1. The molecule has 1 aliphatic carbocycles. The number of amides is 1. The summed E-state index contributed by atoms with van der Waals surface area (Å²) in [6.07, 6.45) is 2.35. The molecule has 0 aliphatic heterocycles. The van der Waals surface area contributed by atoms with E-state index >= 15 is 0 Å². The van der Waals surface area contributed by atoms with Gasteiger partial charge < -0.3 is 10.1 Å². The lowest BCUT2D eigenvalue weighted by Crippen LogP contribution is -2.46. The zero-order valence-corrected chi connectivity index (χ0v) is 17.0. The van der Waals surface area contributed by atoms with Gasteiger partial charge in [-0.3, -0.25) is 4.79 Å². The summed E-state index contributed by atoms with van der Waals surface area (Å²) >= 11 is 5.69. The molecule has 154 valence electrons. The lowest BCUT2D eigenvalue weighted by Gasteiger charge is -2.18. The first-order valence-corrected chi connectivity index (χ1v) is 10.9. The third kappa shape index (κ3) is 5.56. The first-order valence-electron chi connectivity index (χ1n) is 8.84. The Morgan fingerprint density at radius 2 is 1.93 bits per heavy atom. The van der Waals surface area contributed by atoms with Crippen LogP contribution in [-0.2, 0) is 20.6 Å². The van der Waals surface area contributed by atoms with Crippen LogP contribution < -0.4 is 14.8 Å². The zero-order chi connectivity index (χ0) is 21.1. The standard InChI is InChI=1S/C20H20ClFN2O4S/c1-2-11-28-17-7-5-16(6-8-17)23-19(25)20(9-10-20)24-29(26,27)13-14-3-4-15(21)12-18(14)22/h2-8,12,24H,1,9-11,13H2,(H,23,25). The van der Waals surface area contributed by atoms with Crippen LogP contribution >= 0.6 is 11.6 Å². The molecule has 1 fully saturated rings. The third-order valence-corrected chi connectivity index (χ3v) is 6.00. The monoisotopic (exact) mass is 438 g/mol. The largest absolute Gasteiger partial charge is 0.490 e. The van der Waals surface area contributed by atoms with Crippen LogP contribution in [0.3, 0.4) is 0 Å². The molecule has 9 heteroatoms. The van der Waals surface area contributed by atoms with Gasteiger partial charge in [0.25, 0.3) is 0 Å². The van der Waals surface area contributed by atoms with E-state index in [9.17, 15) is 17.6 Å². The maximum atomic E-state index is 13.9. The second-order valence-corrected chi connectivity index (χ2v) is 8.92. The highest BCUT2D eigenvalue weighted by atomic mass is 35.5. The summed E-state index contributed by atoms with van der Waals surface area (Å²) in [6.45, 7) is 3.93. The van der Waals surface area contributed by atoms with Crippen LogP contribution in [0, 0.1) is 5.82 Å². The van der Waals surface area contributed by atoms with E-state index in [2.05, 4.69) is 16.6 Å². The maximum absolute atomic E-state index is 13.9. The molecule has 0 saturated heterocycles. The molecular weight excluding hydrogens is 419 g/mol. The molecule has 2 aromatic rings. The van der Waals surface area contributed by atoms with Gasteiger partial charge >= 0.3 is 0 Å². The van der Waals surface area contributed by atoms with Crippen molar-refractivity contribution in [3.05, 3.63) is 71.5 Å². The third-order valence-electron chi connectivity index (χ3n) is 4.38. The van der Waals surface area contributed by atoms with Crippen molar-refractivity contribution in [2.24, 2.45) is 0 Å². The Hall–Kier alpha value is -2.42. The summed E-state index contributed by atoms with van der Waals surface area (Å²) in [5.74, 6) is -1.14. The topological polar surface area (TPSA) is 84.5 Å². The summed E-state index contributed by atoms with van der Waals surface area (Å²) in [7, 11) is -3.94. The van der Waals surface area contributed by atoms with Gasteiger partial charge in [-0.15, -0.1) is 0 Å². The van der Waals surface area contributed by atoms with Gasteiger partial charge in [-0.25, -0.2) is 12.8 Å². The van der Waals surface area contributed by atoms with E-state index < -0.39 is 33.0 Å². The molecule has 0 bridgehead atoms. The average molecular weight is 439 g/mol. The minimum atomic E-state index is -3.94. The van der Waals surface area contributed by atoms with Gasteiger partial charge in [0, 0.05) is 16.3 Å². The molecule has 0 atom stereocenters. The molecule has 2 N–H and O–H groups in total. The Bertz CT molecular complexity index is 1020. The van der Waals surface area contributed by atoms with Gasteiger partial charge in [-0.2, -0.15) is 4.72 Å². The van der Waals surface area contributed by atoms with Crippen LogP contribution in [0.5, 0.6) is 5.75 Å². The normalized spacial score (nSPS) is 14.8. The van der Waals surface area contributed by atoms with Crippen molar-refractivity contribution in [3.63, 3.8) is 0 Å². The van der Waals surface area contributed by atoms with E-state index in [4.69, 9.17) is 16.3 Å². The highest BCUT2D eigenvalue weighted by Crippen LogP contribution is 2.38. The quantitative estimate of drug-likeness (QED) is 0.585. The Labute approximate surface area is 173 Å². The molecule has 29 heavy (non-hydrogen) atoms. The number of sulfonamides is 1. The number of carbonyl (C=O) groups is 1. The highest BCUT2D eigenvalue weighted by Gasteiger charge is 2.52. The number of hydrogen-bond donors (Lipinski definition) is 2. The van der Waals surface area contributed by atoms with Crippen molar-refractivity contribution in [2.45, 2.75) is 24.1 Å². The predicted molar refractivity (Wildman–Crippen MR) is 110 cm³/mol. The van der Waals surface area contributed by atoms with Gasteiger partial charge in [0.05, 0.1) is 5.75 Å². The van der Waals surface area contributed by atoms with Crippen LogP contribution in [0.2, 0.25) is 5.02 Å². The molecule has 0 aromatic heterocycles. The molecule has 1 aliphatic rings. The smallest absolute Gasteiger partial charge is 0.245 e. The number of benzene rings is 2. The van der Waals surface area contributed by atoms with E-state index in [-0.39, 0.29) is 10.6 Å². The Morgan fingerprint density at radius 1 is 1.24 bits per heavy atom.